The zero-order valence-electron chi connectivity index (χ0n) is 17.1. The van der Waals surface area contributed by atoms with E-state index in [-0.39, 0.29) is 11.8 Å². The molecular weight excluding hydrogens is 422 g/mol. The lowest BCUT2D eigenvalue weighted by molar-refractivity contribution is 0.0976. The van der Waals surface area contributed by atoms with Gasteiger partial charge < -0.3 is 5.32 Å². The molecule has 0 aliphatic heterocycles. The first-order chi connectivity index (χ1) is 14.0. The monoisotopic (exact) mass is 449 g/mol. The van der Waals surface area contributed by atoms with Crippen LogP contribution in [0, 0.1) is 6.92 Å². The highest BCUT2D eigenvalue weighted by atomic mass is 79.9. The Bertz CT molecular complexity index is 914. The number of carbonyl (C=O) groups excluding carboxylic acids is 1. The summed E-state index contributed by atoms with van der Waals surface area (Å²) in [6.07, 6.45) is 3.92. The quantitative estimate of drug-likeness (QED) is 0.342. The number of benzene rings is 3. The van der Waals surface area contributed by atoms with E-state index < -0.39 is 0 Å². The van der Waals surface area contributed by atoms with Crippen molar-refractivity contribution in [3.05, 3.63) is 99.5 Å². The van der Waals surface area contributed by atoms with Gasteiger partial charge in [0.05, 0.1) is 6.04 Å². The molecule has 0 saturated carbocycles. The van der Waals surface area contributed by atoms with E-state index in [1.165, 1.54) is 18.4 Å². The fourth-order valence-electron chi connectivity index (χ4n) is 3.34. The predicted octanol–water partition coefficient (Wildman–Crippen LogP) is 7.53. The Morgan fingerprint density at radius 3 is 2.21 bits per heavy atom. The number of anilines is 1. The molecule has 150 valence electrons. The van der Waals surface area contributed by atoms with Gasteiger partial charge in [-0.05, 0) is 55.2 Å². The van der Waals surface area contributed by atoms with Gasteiger partial charge in [0.15, 0.2) is 5.78 Å². The number of Topliss-reactive ketones (excluding diaryl/α,β-unsaturated/α-hetero) is 1. The fourth-order valence-corrected chi connectivity index (χ4v) is 3.60. The third kappa shape index (κ3) is 6.30. The standard InChI is InChI=1S/C26H28BrNO/c1-3-4-5-20-8-16-24(17-9-20)28-25(21-12-14-23(27)15-13-21)18-26(29)22-10-6-19(2)7-11-22/h6-17,25,28H,3-5,18H2,1-2H3/t25-/m1/s1. The Labute approximate surface area is 182 Å². The number of unbranched alkanes of at least 4 members (excludes halogenated alkanes) is 1. The first-order valence-corrected chi connectivity index (χ1v) is 11.1. The number of halogens is 1. The summed E-state index contributed by atoms with van der Waals surface area (Å²) in [4.78, 5) is 12.9. The number of hydrogen-bond donors (Lipinski definition) is 1. The smallest absolute Gasteiger partial charge is 0.165 e. The van der Waals surface area contributed by atoms with Crippen molar-refractivity contribution in [3.8, 4) is 0 Å². The topological polar surface area (TPSA) is 29.1 Å². The molecule has 0 fully saturated rings. The van der Waals surface area contributed by atoms with Gasteiger partial charge in [-0.3, -0.25) is 4.79 Å². The van der Waals surface area contributed by atoms with Crippen LogP contribution in [0.25, 0.3) is 0 Å². The van der Waals surface area contributed by atoms with E-state index in [2.05, 4.69) is 64.6 Å². The first-order valence-electron chi connectivity index (χ1n) is 10.3. The van der Waals surface area contributed by atoms with Crippen LogP contribution in [0.5, 0.6) is 0 Å². The van der Waals surface area contributed by atoms with Crippen LogP contribution < -0.4 is 5.32 Å². The number of carbonyl (C=O) groups is 1. The van der Waals surface area contributed by atoms with Gasteiger partial charge in [-0.1, -0.05) is 83.4 Å². The van der Waals surface area contributed by atoms with Crippen LogP contribution in [-0.4, -0.2) is 5.78 Å². The van der Waals surface area contributed by atoms with E-state index >= 15 is 0 Å². The molecule has 0 saturated heterocycles. The zero-order valence-corrected chi connectivity index (χ0v) is 18.7. The van der Waals surface area contributed by atoms with Crippen LogP contribution in [0.4, 0.5) is 5.69 Å². The maximum atomic E-state index is 12.9. The molecular formula is C26H28BrNO. The molecule has 3 aromatic carbocycles. The Kier molecular flexibility index (Phi) is 7.65. The molecule has 0 bridgehead atoms. The van der Waals surface area contributed by atoms with Gasteiger partial charge in [0.25, 0.3) is 0 Å². The molecule has 0 radical (unpaired) electrons. The highest BCUT2D eigenvalue weighted by Gasteiger charge is 2.17. The predicted molar refractivity (Wildman–Crippen MR) is 126 cm³/mol. The van der Waals surface area contributed by atoms with Crippen molar-refractivity contribution in [2.24, 2.45) is 0 Å². The second-order valence-corrected chi connectivity index (χ2v) is 8.46. The Balaban J connectivity index is 1.78. The molecule has 1 N–H and O–H groups in total. The van der Waals surface area contributed by atoms with Crippen molar-refractivity contribution < 1.29 is 4.79 Å². The summed E-state index contributed by atoms with van der Waals surface area (Å²) in [5.74, 6) is 0.144. The molecule has 0 spiro atoms. The summed E-state index contributed by atoms with van der Waals surface area (Å²) >= 11 is 3.50. The number of rotatable bonds is 9. The zero-order chi connectivity index (χ0) is 20.6. The second kappa shape index (κ2) is 10.4. The summed E-state index contributed by atoms with van der Waals surface area (Å²) in [6, 6.07) is 24.5. The van der Waals surface area contributed by atoms with Crippen molar-refractivity contribution >= 4 is 27.4 Å². The molecule has 29 heavy (non-hydrogen) atoms. The molecule has 0 aliphatic carbocycles. The van der Waals surface area contributed by atoms with Crippen molar-refractivity contribution in [3.63, 3.8) is 0 Å². The van der Waals surface area contributed by atoms with Gasteiger partial charge in [0.1, 0.15) is 0 Å². The lowest BCUT2D eigenvalue weighted by atomic mass is 9.97. The molecule has 3 aromatic rings. The minimum Gasteiger partial charge on any atom is -0.378 e. The van der Waals surface area contributed by atoms with E-state index in [1.807, 2.05) is 43.3 Å². The molecule has 0 aromatic heterocycles. The first kappa shape index (κ1) is 21.3. The highest BCUT2D eigenvalue weighted by Crippen LogP contribution is 2.26. The average Bonchev–Trinajstić information content (AvgIpc) is 2.74. The average molecular weight is 450 g/mol. The Hall–Kier alpha value is -2.39. The molecule has 0 amide bonds. The van der Waals surface area contributed by atoms with Crippen LogP contribution in [0.3, 0.4) is 0 Å². The van der Waals surface area contributed by atoms with Crippen LogP contribution in [-0.2, 0) is 6.42 Å². The number of nitrogens with one attached hydrogen (secondary N) is 1. The van der Waals surface area contributed by atoms with E-state index in [9.17, 15) is 4.79 Å². The van der Waals surface area contributed by atoms with Crippen molar-refractivity contribution in [2.75, 3.05) is 5.32 Å². The van der Waals surface area contributed by atoms with Crippen LogP contribution >= 0.6 is 15.9 Å². The fraction of sp³-hybridized carbons (Fsp3) is 0.269. The highest BCUT2D eigenvalue weighted by molar-refractivity contribution is 9.10. The van der Waals surface area contributed by atoms with E-state index in [0.29, 0.717) is 6.42 Å². The van der Waals surface area contributed by atoms with Gasteiger partial charge in [-0.25, -0.2) is 0 Å². The van der Waals surface area contributed by atoms with Crippen molar-refractivity contribution in [1.82, 2.24) is 0 Å². The number of hydrogen-bond acceptors (Lipinski definition) is 2. The summed E-state index contributed by atoms with van der Waals surface area (Å²) < 4.78 is 1.03. The van der Waals surface area contributed by atoms with E-state index in [0.717, 1.165) is 33.3 Å². The molecule has 0 heterocycles. The minimum absolute atomic E-state index is 0.0848. The molecule has 1 atom stereocenters. The van der Waals surface area contributed by atoms with Gasteiger partial charge in [0, 0.05) is 22.1 Å². The lowest BCUT2D eigenvalue weighted by Gasteiger charge is -2.20. The maximum Gasteiger partial charge on any atom is 0.165 e. The van der Waals surface area contributed by atoms with Crippen molar-refractivity contribution in [1.29, 1.82) is 0 Å². The summed E-state index contributed by atoms with van der Waals surface area (Å²) in [5, 5.41) is 3.57. The van der Waals surface area contributed by atoms with Gasteiger partial charge >= 0.3 is 0 Å². The molecule has 0 aliphatic rings. The van der Waals surface area contributed by atoms with Gasteiger partial charge in [0.2, 0.25) is 0 Å². The van der Waals surface area contributed by atoms with Crippen LogP contribution in [0.15, 0.2) is 77.3 Å². The SMILES string of the molecule is CCCCc1ccc(N[C@H](CC(=O)c2ccc(C)cc2)c2ccc(Br)cc2)cc1. The normalized spacial score (nSPS) is 11.8. The summed E-state index contributed by atoms with van der Waals surface area (Å²) in [7, 11) is 0. The van der Waals surface area contributed by atoms with Crippen LogP contribution in [0.1, 0.15) is 59.3 Å². The largest absolute Gasteiger partial charge is 0.378 e. The Morgan fingerprint density at radius 2 is 1.59 bits per heavy atom. The lowest BCUT2D eigenvalue weighted by Crippen LogP contribution is -2.16. The number of aryl methyl sites for hydroxylation is 2. The second-order valence-electron chi connectivity index (χ2n) is 7.54. The third-order valence-corrected chi connectivity index (χ3v) is 5.68. The Morgan fingerprint density at radius 1 is 0.931 bits per heavy atom. The number of ketones is 1. The molecule has 2 nitrogen and oxygen atoms in total. The molecule has 3 heteroatoms. The molecule has 3 rings (SSSR count). The summed E-state index contributed by atoms with van der Waals surface area (Å²) in [5.41, 5.74) is 5.41. The third-order valence-electron chi connectivity index (χ3n) is 5.15. The minimum atomic E-state index is -0.0848. The van der Waals surface area contributed by atoms with Gasteiger partial charge in [-0.2, -0.15) is 0 Å². The van der Waals surface area contributed by atoms with Gasteiger partial charge in [-0.15, -0.1) is 0 Å². The van der Waals surface area contributed by atoms with Crippen molar-refractivity contribution in [2.45, 2.75) is 45.6 Å². The maximum absolute atomic E-state index is 12.9. The van der Waals surface area contributed by atoms with E-state index in [4.69, 9.17) is 0 Å². The molecule has 0 unspecified atom stereocenters. The summed E-state index contributed by atoms with van der Waals surface area (Å²) in [6.45, 7) is 4.24. The van der Waals surface area contributed by atoms with Crippen LogP contribution in [0.2, 0.25) is 0 Å². The van der Waals surface area contributed by atoms with E-state index in [1.54, 1.807) is 0 Å².